The number of rotatable bonds is 6. The van der Waals surface area contributed by atoms with E-state index in [-0.39, 0.29) is 5.91 Å². The van der Waals surface area contributed by atoms with Crippen LogP contribution in [-0.4, -0.2) is 51.8 Å². The van der Waals surface area contributed by atoms with E-state index in [9.17, 15) is 4.79 Å². The summed E-state index contributed by atoms with van der Waals surface area (Å²) in [6, 6.07) is 18.2. The van der Waals surface area contributed by atoms with Crippen molar-refractivity contribution in [3.63, 3.8) is 0 Å². The molecule has 1 N–H and O–H groups in total. The van der Waals surface area contributed by atoms with Gasteiger partial charge in [0.2, 0.25) is 0 Å². The van der Waals surface area contributed by atoms with Gasteiger partial charge in [-0.05, 0) is 55.1 Å². The minimum absolute atomic E-state index is 0.0353. The van der Waals surface area contributed by atoms with E-state index in [1.807, 2.05) is 24.3 Å². The Hall–Kier alpha value is -2.99. The van der Waals surface area contributed by atoms with E-state index < -0.39 is 0 Å². The molecule has 3 aromatic rings. The van der Waals surface area contributed by atoms with Crippen molar-refractivity contribution in [2.24, 2.45) is 0 Å². The lowest BCUT2D eigenvalue weighted by atomic mass is 9.91. The number of hydrogen-bond donors (Lipinski definition) is 1. The van der Waals surface area contributed by atoms with Crippen LogP contribution in [-0.2, 0) is 0 Å². The number of piperidine rings is 1. The summed E-state index contributed by atoms with van der Waals surface area (Å²) in [5.41, 5.74) is 3.02. The fourth-order valence-electron chi connectivity index (χ4n) is 3.80. The summed E-state index contributed by atoms with van der Waals surface area (Å²) in [5.74, 6) is 0.558. The quantitative estimate of drug-likeness (QED) is 0.720. The largest absolute Gasteiger partial charge is 0.351 e. The van der Waals surface area contributed by atoms with Crippen molar-refractivity contribution >= 4 is 5.91 Å². The van der Waals surface area contributed by atoms with Crippen LogP contribution in [0.25, 0.3) is 5.69 Å². The molecule has 0 spiro atoms. The van der Waals surface area contributed by atoms with Gasteiger partial charge in [-0.15, -0.1) is 10.2 Å². The van der Waals surface area contributed by atoms with Crippen molar-refractivity contribution in [2.75, 3.05) is 26.2 Å². The second kappa shape index (κ2) is 8.80. The molecule has 144 valence electrons. The molecule has 2 heterocycles. The topological polar surface area (TPSA) is 63.1 Å². The molecule has 2 aromatic carbocycles. The number of nitrogens with zero attached hydrogens (tertiary/aromatic N) is 4. The summed E-state index contributed by atoms with van der Waals surface area (Å²) in [7, 11) is 0. The highest BCUT2D eigenvalue weighted by molar-refractivity contribution is 5.94. The maximum atomic E-state index is 12.4. The Balaban J connectivity index is 1.26. The van der Waals surface area contributed by atoms with Gasteiger partial charge < -0.3 is 10.2 Å². The van der Waals surface area contributed by atoms with Crippen molar-refractivity contribution in [1.82, 2.24) is 25.0 Å². The minimum atomic E-state index is -0.0353. The maximum absolute atomic E-state index is 12.4. The summed E-state index contributed by atoms with van der Waals surface area (Å²) in [5, 5.41) is 10.6. The van der Waals surface area contributed by atoms with Crippen LogP contribution in [0.2, 0.25) is 0 Å². The molecule has 28 heavy (non-hydrogen) atoms. The Morgan fingerprint density at radius 3 is 2.54 bits per heavy atom. The monoisotopic (exact) mass is 375 g/mol. The van der Waals surface area contributed by atoms with Crippen molar-refractivity contribution < 1.29 is 4.79 Å². The van der Waals surface area contributed by atoms with Gasteiger partial charge in [0.1, 0.15) is 12.7 Å². The summed E-state index contributed by atoms with van der Waals surface area (Å²) < 4.78 is 1.81. The Morgan fingerprint density at radius 2 is 1.79 bits per heavy atom. The molecule has 6 nitrogen and oxygen atoms in total. The third kappa shape index (κ3) is 4.46. The van der Waals surface area contributed by atoms with E-state index >= 15 is 0 Å². The number of hydrogen-bond acceptors (Lipinski definition) is 4. The Labute approximate surface area is 165 Å². The molecule has 0 unspecified atom stereocenters. The van der Waals surface area contributed by atoms with Gasteiger partial charge in [0.05, 0.1) is 0 Å². The molecule has 1 aliphatic heterocycles. The van der Waals surface area contributed by atoms with Crippen LogP contribution in [0, 0.1) is 0 Å². The van der Waals surface area contributed by atoms with Crippen LogP contribution in [0.3, 0.4) is 0 Å². The molecule has 6 heteroatoms. The molecular formula is C22H25N5O. The number of aromatic nitrogens is 3. The van der Waals surface area contributed by atoms with Crippen molar-refractivity contribution in [1.29, 1.82) is 0 Å². The third-order valence-electron chi connectivity index (χ3n) is 5.34. The molecule has 0 saturated carbocycles. The first-order valence-electron chi connectivity index (χ1n) is 9.80. The molecule has 1 amide bonds. The molecule has 1 saturated heterocycles. The molecule has 1 fully saturated rings. The average Bonchev–Trinajstić information content (AvgIpc) is 3.30. The molecular weight excluding hydrogens is 350 g/mol. The molecule has 0 aliphatic carbocycles. The first-order valence-corrected chi connectivity index (χ1v) is 9.80. The van der Waals surface area contributed by atoms with Crippen LogP contribution in [0.1, 0.15) is 34.7 Å². The number of amides is 1. The van der Waals surface area contributed by atoms with Gasteiger partial charge in [0.15, 0.2) is 0 Å². The fourth-order valence-corrected chi connectivity index (χ4v) is 3.80. The summed E-state index contributed by atoms with van der Waals surface area (Å²) >= 11 is 0. The predicted octanol–water partition coefficient (Wildman–Crippen LogP) is 2.88. The molecule has 1 aliphatic rings. The zero-order valence-corrected chi connectivity index (χ0v) is 15.9. The van der Waals surface area contributed by atoms with E-state index in [0.29, 0.717) is 18.0 Å². The van der Waals surface area contributed by atoms with Crippen LogP contribution < -0.4 is 5.32 Å². The Kier molecular flexibility index (Phi) is 5.77. The number of benzene rings is 2. The van der Waals surface area contributed by atoms with E-state index in [2.05, 4.69) is 50.7 Å². The van der Waals surface area contributed by atoms with Gasteiger partial charge in [-0.2, -0.15) is 0 Å². The summed E-state index contributed by atoms with van der Waals surface area (Å²) in [6.07, 6.45) is 5.72. The minimum Gasteiger partial charge on any atom is -0.351 e. The highest BCUT2D eigenvalue weighted by atomic mass is 16.1. The molecule has 0 radical (unpaired) electrons. The second-order valence-corrected chi connectivity index (χ2v) is 7.22. The fraction of sp³-hybridized carbons (Fsp3) is 0.318. The van der Waals surface area contributed by atoms with Crippen molar-refractivity contribution in [3.8, 4) is 5.69 Å². The Morgan fingerprint density at radius 1 is 1.04 bits per heavy atom. The van der Waals surface area contributed by atoms with E-state index in [0.717, 1.165) is 25.3 Å². The maximum Gasteiger partial charge on any atom is 0.251 e. The van der Waals surface area contributed by atoms with Crippen LogP contribution >= 0.6 is 0 Å². The highest BCUT2D eigenvalue weighted by Crippen LogP contribution is 2.26. The SMILES string of the molecule is O=C(NCCN1CCC[C@H](c2ccccc2)C1)c1ccc(-n2cnnc2)cc1. The molecule has 1 aromatic heterocycles. The van der Waals surface area contributed by atoms with Gasteiger partial charge >= 0.3 is 0 Å². The normalized spacial score (nSPS) is 17.4. The van der Waals surface area contributed by atoms with Gasteiger partial charge in [-0.1, -0.05) is 30.3 Å². The lowest BCUT2D eigenvalue weighted by Gasteiger charge is -2.33. The molecule has 4 rings (SSSR count). The van der Waals surface area contributed by atoms with Crippen molar-refractivity contribution in [3.05, 3.63) is 78.4 Å². The van der Waals surface area contributed by atoms with E-state index in [1.165, 1.54) is 18.4 Å². The zero-order valence-electron chi connectivity index (χ0n) is 15.9. The average molecular weight is 375 g/mol. The Bertz CT molecular complexity index is 877. The zero-order chi connectivity index (χ0) is 19.2. The van der Waals surface area contributed by atoms with Crippen molar-refractivity contribution in [2.45, 2.75) is 18.8 Å². The predicted molar refractivity (Wildman–Crippen MR) is 109 cm³/mol. The first-order chi connectivity index (χ1) is 13.8. The van der Waals surface area contributed by atoms with E-state index in [4.69, 9.17) is 0 Å². The highest BCUT2D eigenvalue weighted by Gasteiger charge is 2.20. The van der Waals surface area contributed by atoms with E-state index in [1.54, 1.807) is 17.2 Å². The number of carbonyl (C=O) groups excluding carboxylic acids is 1. The van der Waals surface area contributed by atoms with Gasteiger partial charge in [-0.3, -0.25) is 9.36 Å². The standard InChI is InChI=1S/C22H25N5O/c28-22(19-8-10-21(11-9-19)27-16-24-25-17-27)23-12-14-26-13-4-7-20(15-26)18-5-2-1-3-6-18/h1-3,5-6,8-11,16-17,20H,4,7,12-15H2,(H,23,28)/t20-/m0/s1. The smallest absolute Gasteiger partial charge is 0.251 e. The molecule has 0 bridgehead atoms. The number of carbonyl (C=O) groups is 1. The van der Waals surface area contributed by atoms with Gasteiger partial charge in [0.25, 0.3) is 5.91 Å². The summed E-state index contributed by atoms with van der Waals surface area (Å²) in [6.45, 7) is 3.71. The third-order valence-corrected chi connectivity index (χ3v) is 5.34. The van der Waals surface area contributed by atoms with Crippen LogP contribution in [0.15, 0.2) is 67.3 Å². The van der Waals surface area contributed by atoms with Crippen LogP contribution in [0.5, 0.6) is 0 Å². The molecule has 1 atom stereocenters. The lowest BCUT2D eigenvalue weighted by molar-refractivity contribution is 0.0945. The van der Waals surface area contributed by atoms with Gasteiger partial charge in [-0.25, -0.2) is 0 Å². The summed E-state index contributed by atoms with van der Waals surface area (Å²) in [4.78, 5) is 14.9. The van der Waals surface area contributed by atoms with Gasteiger partial charge in [0, 0.05) is 30.9 Å². The lowest BCUT2D eigenvalue weighted by Crippen LogP contribution is -2.40. The number of likely N-dealkylation sites (tertiary alicyclic amines) is 1. The second-order valence-electron chi connectivity index (χ2n) is 7.22. The van der Waals surface area contributed by atoms with Crippen LogP contribution in [0.4, 0.5) is 0 Å². The first kappa shape index (κ1) is 18.4. The number of nitrogens with one attached hydrogen (secondary N) is 1.